The highest BCUT2D eigenvalue weighted by Gasteiger charge is 2.28. The lowest BCUT2D eigenvalue weighted by atomic mass is 10.2. The summed E-state index contributed by atoms with van der Waals surface area (Å²) in [6.45, 7) is 0.465. The number of amides is 1. The van der Waals surface area contributed by atoms with Gasteiger partial charge in [-0.2, -0.15) is 13.2 Å². The van der Waals surface area contributed by atoms with Gasteiger partial charge in [0, 0.05) is 38.8 Å². The smallest absolute Gasteiger partial charge is 0.422 e. The molecule has 2 N–H and O–H groups in total. The van der Waals surface area contributed by atoms with Gasteiger partial charge in [-0.3, -0.25) is 9.79 Å². The highest BCUT2D eigenvalue weighted by Crippen LogP contribution is 2.21. The Morgan fingerprint density at radius 3 is 2.10 bits per heavy atom. The molecule has 0 bridgehead atoms. The van der Waals surface area contributed by atoms with Crippen LogP contribution in [0, 0.1) is 0 Å². The second kappa shape index (κ2) is 10.2. The van der Waals surface area contributed by atoms with Crippen molar-refractivity contribution in [1.29, 1.82) is 0 Å². The van der Waals surface area contributed by atoms with Gasteiger partial charge in [0.2, 0.25) is 5.91 Å². The summed E-state index contributed by atoms with van der Waals surface area (Å²) >= 11 is 0. The largest absolute Gasteiger partial charge is 0.484 e. The van der Waals surface area contributed by atoms with Crippen LogP contribution in [-0.4, -0.2) is 38.2 Å². The van der Waals surface area contributed by atoms with E-state index in [1.165, 1.54) is 12.1 Å². The van der Waals surface area contributed by atoms with Crippen molar-refractivity contribution in [1.82, 2.24) is 10.6 Å². The summed E-state index contributed by atoms with van der Waals surface area (Å²) in [5, 5.41) is 6.37. The van der Waals surface area contributed by atoms with Crippen LogP contribution < -0.4 is 20.3 Å². The number of hydrogen-bond acceptors (Lipinski definition) is 3. The normalized spacial score (nSPS) is 14.6. The van der Waals surface area contributed by atoms with Crippen molar-refractivity contribution in [2.75, 3.05) is 25.1 Å². The van der Waals surface area contributed by atoms with Crippen molar-refractivity contribution in [2.45, 2.75) is 32.1 Å². The fraction of sp³-hybridized carbons (Fsp3) is 0.364. The first-order valence-corrected chi connectivity index (χ1v) is 9.96. The molecule has 1 aliphatic rings. The first kappa shape index (κ1) is 22.5. The molecule has 0 aromatic heterocycles. The van der Waals surface area contributed by atoms with Crippen molar-refractivity contribution in [3.8, 4) is 5.75 Å². The highest BCUT2D eigenvalue weighted by molar-refractivity contribution is 5.95. The molecule has 6 nitrogen and oxygen atoms in total. The van der Waals surface area contributed by atoms with Gasteiger partial charge in [-0.05, 0) is 41.8 Å². The Balaban J connectivity index is 1.45. The molecule has 0 aliphatic carbocycles. The van der Waals surface area contributed by atoms with E-state index < -0.39 is 12.8 Å². The van der Waals surface area contributed by atoms with Gasteiger partial charge in [-0.25, -0.2) is 0 Å². The van der Waals surface area contributed by atoms with Crippen LogP contribution in [0.1, 0.15) is 24.0 Å². The monoisotopic (exact) mass is 434 g/mol. The van der Waals surface area contributed by atoms with Crippen LogP contribution in [0.3, 0.4) is 0 Å². The fourth-order valence-electron chi connectivity index (χ4n) is 3.18. The Labute approximate surface area is 179 Å². The molecule has 0 atom stereocenters. The molecule has 0 saturated carbocycles. The first-order valence-electron chi connectivity index (χ1n) is 9.96. The number of hydrogen-bond donors (Lipinski definition) is 2. The van der Waals surface area contributed by atoms with E-state index in [0.717, 1.165) is 29.8 Å². The molecule has 1 heterocycles. The van der Waals surface area contributed by atoms with Crippen LogP contribution in [0.5, 0.6) is 5.75 Å². The average Bonchev–Trinajstić information content (AvgIpc) is 3.19. The summed E-state index contributed by atoms with van der Waals surface area (Å²) in [4.78, 5) is 17.8. The van der Waals surface area contributed by atoms with Gasteiger partial charge in [0.15, 0.2) is 12.6 Å². The molecule has 166 valence electrons. The molecule has 2 aromatic carbocycles. The van der Waals surface area contributed by atoms with E-state index in [2.05, 4.69) is 15.6 Å². The second-order valence-corrected chi connectivity index (χ2v) is 7.14. The lowest BCUT2D eigenvalue weighted by molar-refractivity contribution is -0.153. The Bertz CT molecular complexity index is 896. The topological polar surface area (TPSA) is 66.0 Å². The summed E-state index contributed by atoms with van der Waals surface area (Å²) in [6, 6.07) is 14.2. The molecule has 0 unspecified atom stereocenters. The van der Waals surface area contributed by atoms with Crippen molar-refractivity contribution >= 4 is 17.6 Å². The van der Waals surface area contributed by atoms with Crippen LogP contribution in [-0.2, 0) is 17.9 Å². The third-order valence-electron chi connectivity index (χ3n) is 4.79. The number of carbonyl (C=O) groups excluding carboxylic acids is 1. The first-order chi connectivity index (χ1) is 14.8. The maximum Gasteiger partial charge on any atom is 0.422 e. The summed E-state index contributed by atoms with van der Waals surface area (Å²) in [7, 11) is 1.66. The number of guanidine groups is 1. The summed E-state index contributed by atoms with van der Waals surface area (Å²) < 4.78 is 41.3. The number of alkyl halides is 3. The van der Waals surface area contributed by atoms with Gasteiger partial charge in [0.1, 0.15) is 5.75 Å². The summed E-state index contributed by atoms with van der Waals surface area (Å²) in [5.41, 5.74) is 2.84. The lowest BCUT2D eigenvalue weighted by Crippen LogP contribution is -2.36. The number of halogens is 3. The van der Waals surface area contributed by atoms with Crippen LogP contribution in [0.2, 0.25) is 0 Å². The fourth-order valence-corrected chi connectivity index (χ4v) is 3.18. The lowest BCUT2D eigenvalue weighted by Gasteiger charge is -2.16. The molecule has 0 radical (unpaired) electrons. The van der Waals surface area contributed by atoms with Crippen molar-refractivity contribution in [3.05, 3.63) is 59.7 Å². The zero-order valence-corrected chi connectivity index (χ0v) is 17.2. The Hall–Kier alpha value is -3.23. The standard InChI is InChI=1S/C22H25F3N4O2/c1-26-21(28-14-17-6-10-19(11-7-17)31-15-22(23,24)25)27-13-16-4-8-18(9-5-16)29-12-2-3-20(29)30/h4-11H,2-3,12-15H2,1H3,(H2,26,27,28). The maximum absolute atomic E-state index is 12.2. The SMILES string of the molecule is CN=C(NCc1ccc(OCC(F)(F)F)cc1)NCc1ccc(N2CCCC2=O)cc1. The number of ether oxygens (including phenoxy) is 1. The quantitative estimate of drug-likeness (QED) is 0.516. The Morgan fingerprint density at radius 2 is 1.61 bits per heavy atom. The van der Waals surface area contributed by atoms with Crippen LogP contribution >= 0.6 is 0 Å². The van der Waals surface area contributed by atoms with Gasteiger partial charge in [-0.15, -0.1) is 0 Å². The predicted molar refractivity (Wildman–Crippen MR) is 113 cm³/mol. The third-order valence-corrected chi connectivity index (χ3v) is 4.79. The molecule has 31 heavy (non-hydrogen) atoms. The maximum atomic E-state index is 12.2. The molecule has 1 fully saturated rings. The minimum Gasteiger partial charge on any atom is -0.484 e. The van der Waals surface area contributed by atoms with Crippen molar-refractivity contribution < 1.29 is 22.7 Å². The van der Waals surface area contributed by atoms with Gasteiger partial charge in [0.25, 0.3) is 0 Å². The van der Waals surface area contributed by atoms with Crippen molar-refractivity contribution in [3.63, 3.8) is 0 Å². The third kappa shape index (κ3) is 6.91. The van der Waals surface area contributed by atoms with E-state index in [1.807, 2.05) is 24.3 Å². The zero-order valence-electron chi connectivity index (χ0n) is 17.2. The van der Waals surface area contributed by atoms with E-state index >= 15 is 0 Å². The van der Waals surface area contributed by atoms with E-state index in [0.29, 0.717) is 25.5 Å². The van der Waals surface area contributed by atoms with Crippen LogP contribution in [0.15, 0.2) is 53.5 Å². The number of aliphatic imine (C=N–C) groups is 1. The molecule has 1 aliphatic heterocycles. The van der Waals surface area contributed by atoms with Gasteiger partial charge >= 0.3 is 6.18 Å². The molecule has 1 saturated heterocycles. The number of nitrogens with one attached hydrogen (secondary N) is 2. The van der Waals surface area contributed by atoms with Gasteiger partial charge in [0.05, 0.1) is 0 Å². The van der Waals surface area contributed by atoms with E-state index in [4.69, 9.17) is 4.74 Å². The number of rotatable bonds is 7. The number of nitrogens with zero attached hydrogens (tertiary/aromatic N) is 2. The van der Waals surface area contributed by atoms with Crippen LogP contribution in [0.4, 0.5) is 18.9 Å². The number of carbonyl (C=O) groups is 1. The van der Waals surface area contributed by atoms with E-state index in [1.54, 1.807) is 24.1 Å². The molecule has 2 aromatic rings. The number of anilines is 1. The molecule has 9 heteroatoms. The summed E-state index contributed by atoms with van der Waals surface area (Å²) in [6.07, 6.45) is -2.85. The average molecular weight is 434 g/mol. The molecule has 0 spiro atoms. The highest BCUT2D eigenvalue weighted by atomic mass is 19.4. The van der Waals surface area contributed by atoms with E-state index in [9.17, 15) is 18.0 Å². The molecule has 3 rings (SSSR count). The Morgan fingerprint density at radius 1 is 1.03 bits per heavy atom. The van der Waals surface area contributed by atoms with Crippen molar-refractivity contribution in [2.24, 2.45) is 4.99 Å². The van der Waals surface area contributed by atoms with Crippen LogP contribution in [0.25, 0.3) is 0 Å². The minimum absolute atomic E-state index is 0.162. The zero-order chi connectivity index (χ0) is 22.3. The molecular formula is C22H25F3N4O2. The summed E-state index contributed by atoms with van der Waals surface area (Å²) in [5.74, 6) is 0.925. The second-order valence-electron chi connectivity index (χ2n) is 7.14. The van der Waals surface area contributed by atoms with Gasteiger partial charge in [-0.1, -0.05) is 24.3 Å². The van der Waals surface area contributed by atoms with Gasteiger partial charge < -0.3 is 20.3 Å². The van der Waals surface area contributed by atoms with E-state index in [-0.39, 0.29) is 11.7 Å². The predicted octanol–water partition coefficient (Wildman–Crippen LogP) is 3.62. The molecule has 1 amide bonds. The molecular weight excluding hydrogens is 409 g/mol. The minimum atomic E-state index is -4.36. The number of benzene rings is 2. The Kier molecular flexibility index (Phi) is 7.38.